The molecule has 5 rings (SSSR count). The van der Waals surface area contributed by atoms with Gasteiger partial charge in [0.05, 0.1) is 6.20 Å². The summed E-state index contributed by atoms with van der Waals surface area (Å²) in [7, 11) is 0. The molecule has 0 radical (unpaired) electrons. The number of fused-ring (bicyclic) bond motifs is 1. The molecule has 0 spiro atoms. The molecule has 0 bridgehead atoms. The summed E-state index contributed by atoms with van der Waals surface area (Å²) in [4.78, 5) is 28.4. The van der Waals surface area contributed by atoms with Crippen molar-refractivity contribution in [2.75, 3.05) is 24.6 Å². The number of imidazole rings is 1. The summed E-state index contributed by atoms with van der Waals surface area (Å²) >= 11 is 2.05. The Balaban J connectivity index is 1.27. The molecule has 1 saturated heterocycles. The number of hydrogen-bond donors (Lipinski definition) is 1. The molecule has 1 aliphatic heterocycles. The molecule has 29 heavy (non-hydrogen) atoms. The molecule has 3 aromatic heterocycles. The molecule has 0 aromatic carbocycles. The molecular formula is C19H24N8OS. The van der Waals surface area contributed by atoms with E-state index in [2.05, 4.69) is 30.3 Å². The Kier molecular flexibility index (Phi) is 5.19. The number of carbonyl (C=O) groups is 1. The summed E-state index contributed by atoms with van der Waals surface area (Å²) in [5.74, 6) is 2.86. The second-order valence-corrected chi connectivity index (χ2v) is 8.80. The van der Waals surface area contributed by atoms with Crippen LogP contribution in [-0.2, 0) is 0 Å². The maximum Gasteiger partial charge on any atom is 0.271 e. The first-order valence-electron chi connectivity index (χ1n) is 10.1. The van der Waals surface area contributed by atoms with Crippen LogP contribution in [0.15, 0.2) is 31.2 Å². The molecule has 10 heteroatoms. The van der Waals surface area contributed by atoms with Crippen LogP contribution >= 0.6 is 11.8 Å². The van der Waals surface area contributed by atoms with Crippen molar-refractivity contribution in [3.8, 4) is 5.82 Å². The Morgan fingerprint density at radius 1 is 1.17 bits per heavy atom. The van der Waals surface area contributed by atoms with Gasteiger partial charge in [0.25, 0.3) is 5.91 Å². The smallest absolute Gasteiger partial charge is 0.271 e. The normalized spacial score (nSPS) is 23.3. The standard InChI is InChI=1S/C19H24N8OS/c28-19(23-14-1-3-15(4-2-14)25-7-9-29-10-8-25)16-11-27-17(21-12-22-27)18(24-16)26-6-5-20-13-26/h5-6,11-15H,1-4,7-10H2,(H,23,28). The lowest BCUT2D eigenvalue weighted by Crippen LogP contribution is -2.46. The molecule has 2 aliphatic rings. The molecule has 2 fully saturated rings. The highest BCUT2D eigenvalue weighted by Crippen LogP contribution is 2.25. The monoisotopic (exact) mass is 412 g/mol. The molecule has 1 aliphatic carbocycles. The second-order valence-electron chi connectivity index (χ2n) is 7.58. The number of nitrogens with one attached hydrogen (secondary N) is 1. The third-order valence-corrected chi connectivity index (χ3v) is 6.76. The van der Waals surface area contributed by atoms with Crippen molar-refractivity contribution in [3.63, 3.8) is 0 Å². The van der Waals surface area contributed by atoms with Gasteiger partial charge in [0.1, 0.15) is 18.3 Å². The van der Waals surface area contributed by atoms with Crippen LogP contribution in [0.5, 0.6) is 0 Å². The average Bonchev–Trinajstić information content (AvgIpc) is 3.46. The number of amides is 1. The van der Waals surface area contributed by atoms with Gasteiger partial charge in [-0.05, 0) is 25.7 Å². The molecule has 4 heterocycles. The number of rotatable bonds is 4. The van der Waals surface area contributed by atoms with Gasteiger partial charge in [-0.1, -0.05) is 0 Å². The molecule has 1 N–H and O–H groups in total. The van der Waals surface area contributed by atoms with Crippen LogP contribution in [0.2, 0.25) is 0 Å². The third kappa shape index (κ3) is 3.86. The Bertz CT molecular complexity index is 973. The molecule has 0 atom stereocenters. The summed E-state index contributed by atoms with van der Waals surface area (Å²) in [6, 6.07) is 0.865. The van der Waals surface area contributed by atoms with Crippen LogP contribution < -0.4 is 5.32 Å². The Labute approximate surface area is 172 Å². The van der Waals surface area contributed by atoms with Crippen LogP contribution in [-0.4, -0.2) is 76.6 Å². The van der Waals surface area contributed by atoms with E-state index >= 15 is 0 Å². The maximum atomic E-state index is 12.9. The van der Waals surface area contributed by atoms with E-state index in [1.807, 2.05) is 11.8 Å². The molecular weight excluding hydrogens is 388 g/mol. The highest BCUT2D eigenvalue weighted by Gasteiger charge is 2.28. The van der Waals surface area contributed by atoms with Crippen LogP contribution in [0, 0.1) is 0 Å². The quantitative estimate of drug-likeness (QED) is 0.692. The summed E-state index contributed by atoms with van der Waals surface area (Å²) in [6.07, 6.45) is 12.5. The third-order valence-electron chi connectivity index (χ3n) is 5.82. The Hall–Kier alpha value is -2.46. The van der Waals surface area contributed by atoms with E-state index in [0.29, 0.717) is 23.2 Å². The fourth-order valence-corrected chi connectivity index (χ4v) is 5.20. The summed E-state index contributed by atoms with van der Waals surface area (Å²) < 4.78 is 3.32. The highest BCUT2D eigenvalue weighted by molar-refractivity contribution is 7.99. The van der Waals surface area contributed by atoms with Gasteiger partial charge in [-0.15, -0.1) is 0 Å². The second kappa shape index (κ2) is 8.11. The van der Waals surface area contributed by atoms with Gasteiger partial charge in [0.2, 0.25) is 0 Å². The molecule has 3 aromatic rings. The summed E-state index contributed by atoms with van der Waals surface area (Å²) in [5.41, 5.74) is 0.918. The number of carbonyl (C=O) groups excluding carboxylic acids is 1. The van der Waals surface area contributed by atoms with Gasteiger partial charge in [0, 0.05) is 49.1 Å². The summed E-state index contributed by atoms with van der Waals surface area (Å²) in [6.45, 7) is 2.40. The van der Waals surface area contributed by atoms with Crippen molar-refractivity contribution in [3.05, 3.63) is 36.9 Å². The molecule has 1 amide bonds. The van der Waals surface area contributed by atoms with Crippen LogP contribution in [0.1, 0.15) is 36.2 Å². The van der Waals surface area contributed by atoms with Gasteiger partial charge >= 0.3 is 0 Å². The Morgan fingerprint density at radius 3 is 2.76 bits per heavy atom. The average molecular weight is 413 g/mol. The van der Waals surface area contributed by atoms with Crippen molar-refractivity contribution in [1.29, 1.82) is 0 Å². The van der Waals surface area contributed by atoms with Gasteiger partial charge in [-0.3, -0.25) is 14.3 Å². The van der Waals surface area contributed by atoms with Crippen molar-refractivity contribution in [2.45, 2.75) is 37.8 Å². The first-order valence-corrected chi connectivity index (χ1v) is 11.2. The zero-order valence-corrected chi connectivity index (χ0v) is 17.0. The van der Waals surface area contributed by atoms with Gasteiger partial charge in [0.15, 0.2) is 11.5 Å². The van der Waals surface area contributed by atoms with E-state index in [-0.39, 0.29) is 11.9 Å². The van der Waals surface area contributed by atoms with Crippen LogP contribution in [0.25, 0.3) is 11.5 Å². The minimum Gasteiger partial charge on any atom is -0.348 e. The van der Waals surface area contributed by atoms with Crippen LogP contribution in [0.4, 0.5) is 0 Å². The van der Waals surface area contributed by atoms with E-state index < -0.39 is 0 Å². The van der Waals surface area contributed by atoms with Crippen molar-refractivity contribution >= 4 is 23.3 Å². The predicted molar refractivity (Wildman–Crippen MR) is 110 cm³/mol. The largest absolute Gasteiger partial charge is 0.348 e. The first-order chi connectivity index (χ1) is 14.3. The number of thioether (sulfide) groups is 1. The van der Waals surface area contributed by atoms with Gasteiger partial charge < -0.3 is 5.32 Å². The van der Waals surface area contributed by atoms with Gasteiger partial charge in [-0.2, -0.15) is 16.9 Å². The zero-order chi connectivity index (χ0) is 19.6. The molecule has 1 saturated carbocycles. The number of hydrogen-bond acceptors (Lipinski definition) is 7. The molecule has 0 unspecified atom stereocenters. The lowest BCUT2D eigenvalue weighted by molar-refractivity contribution is 0.0901. The fraction of sp³-hybridized carbons (Fsp3) is 0.526. The lowest BCUT2D eigenvalue weighted by Gasteiger charge is -2.38. The zero-order valence-electron chi connectivity index (χ0n) is 16.1. The SMILES string of the molecule is O=C(NC1CCC(N2CCSCC2)CC1)c1cn2ncnc2c(-n2ccnc2)n1. The first kappa shape index (κ1) is 18.6. The van der Waals surface area contributed by atoms with Gasteiger partial charge in [-0.25, -0.2) is 19.5 Å². The topological polar surface area (TPSA) is 93.2 Å². The molecule has 152 valence electrons. The summed E-state index contributed by atoms with van der Waals surface area (Å²) in [5, 5.41) is 7.36. The molecule has 9 nitrogen and oxygen atoms in total. The van der Waals surface area contributed by atoms with E-state index in [0.717, 1.165) is 25.7 Å². The van der Waals surface area contributed by atoms with Crippen molar-refractivity contribution < 1.29 is 4.79 Å². The fourth-order valence-electron chi connectivity index (χ4n) is 4.27. The number of aromatic nitrogens is 6. The minimum absolute atomic E-state index is 0.165. The van der Waals surface area contributed by atoms with Crippen molar-refractivity contribution in [1.82, 2.24) is 39.3 Å². The predicted octanol–water partition coefficient (Wildman–Crippen LogP) is 1.40. The maximum absolute atomic E-state index is 12.9. The van der Waals surface area contributed by atoms with E-state index in [1.54, 1.807) is 34.0 Å². The number of nitrogens with zero attached hydrogens (tertiary/aromatic N) is 7. The van der Waals surface area contributed by atoms with E-state index in [4.69, 9.17) is 0 Å². The Morgan fingerprint density at radius 2 is 2.00 bits per heavy atom. The van der Waals surface area contributed by atoms with E-state index in [1.165, 1.54) is 30.9 Å². The van der Waals surface area contributed by atoms with Crippen LogP contribution in [0.3, 0.4) is 0 Å². The highest BCUT2D eigenvalue weighted by atomic mass is 32.2. The minimum atomic E-state index is -0.165. The van der Waals surface area contributed by atoms with Crippen molar-refractivity contribution in [2.24, 2.45) is 0 Å². The lowest BCUT2D eigenvalue weighted by atomic mass is 9.90. The van der Waals surface area contributed by atoms with E-state index in [9.17, 15) is 4.79 Å².